The Labute approximate surface area is 119 Å². The molecular formula is C15H21NO4. The minimum atomic E-state index is 0.0243. The van der Waals surface area contributed by atoms with Crippen LogP contribution in [0.1, 0.15) is 18.4 Å². The van der Waals surface area contributed by atoms with E-state index in [1.807, 2.05) is 13.0 Å². The zero-order valence-electron chi connectivity index (χ0n) is 12.2. The molecule has 0 aliphatic carbocycles. The lowest BCUT2D eigenvalue weighted by Gasteiger charge is -2.22. The Morgan fingerprint density at radius 2 is 1.80 bits per heavy atom. The van der Waals surface area contributed by atoms with Crippen molar-refractivity contribution in [3.8, 4) is 11.5 Å². The number of hydrogen-bond donors (Lipinski definition) is 1. The molecule has 5 heteroatoms. The summed E-state index contributed by atoms with van der Waals surface area (Å²) in [5.74, 6) is 1.34. The molecule has 1 saturated heterocycles. The van der Waals surface area contributed by atoms with Gasteiger partial charge in [0.05, 0.1) is 14.2 Å². The van der Waals surface area contributed by atoms with Crippen molar-refractivity contribution in [1.82, 2.24) is 0 Å². The quantitative estimate of drug-likeness (QED) is 0.919. The summed E-state index contributed by atoms with van der Waals surface area (Å²) in [6.45, 7) is 3.24. The Morgan fingerprint density at radius 3 is 2.40 bits per heavy atom. The minimum Gasteiger partial charge on any atom is -0.493 e. The van der Waals surface area contributed by atoms with Crippen LogP contribution in [0, 0.1) is 12.8 Å². The van der Waals surface area contributed by atoms with Crippen LogP contribution in [0.5, 0.6) is 11.5 Å². The van der Waals surface area contributed by atoms with E-state index >= 15 is 0 Å². The predicted octanol–water partition coefficient (Wildman–Crippen LogP) is 2.38. The van der Waals surface area contributed by atoms with Gasteiger partial charge in [0, 0.05) is 30.9 Å². The highest BCUT2D eigenvalue weighted by molar-refractivity contribution is 5.93. The van der Waals surface area contributed by atoms with Crippen LogP contribution < -0.4 is 14.8 Å². The first-order valence-corrected chi connectivity index (χ1v) is 6.77. The monoisotopic (exact) mass is 279 g/mol. The molecule has 20 heavy (non-hydrogen) atoms. The van der Waals surface area contributed by atoms with Crippen LogP contribution in [-0.4, -0.2) is 33.3 Å². The Bertz CT molecular complexity index is 481. The normalized spacial score (nSPS) is 15.8. The summed E-state index contributed by atoms with van der Waals surface area (Å²) in [6, 6.07) is 3.66. The van der Waals surface area contributed by atoms with E-state index in [1.54, 1.807) is 20.3 Å². The number of nitrogens with one attached hydrogen (secondary N) is 1. The van der Waals surface area contributed by atoms with E-state index in [0.29, 0.717) is 24.7 Å². The molecule has 5 nitrogen and oxygen atoms in total. The van der Waals surface area contributed by atoms with Crippen molar-refractivity contribution in [2.24, 2.45) is 5.92 Å². The maximum absolute atomic E-state index is 12.2. The second kappa shape index (κ2) is 6.61. The second-order valence-corrected chi connectivity index (χ2v) is 4.90. The number of ether oxygens (including phenoxy) is 3. The summed E-state index contributed by atoms with van der Waals surface area (Å²) in [7, 11) is 3.18. The van der Waals surface area contributed by atoms with Gasteiger partial charge in [0.15, 0.2) is 11.5 Å². The molecule has 2 rings (SSSR count). The molecular weight excluding hydrogens is 258 g/mol. The van der Waals surface area contributed by atoms with Crippen LogP contribution in [0.4, 0.5) is 5.69 Å². The average Bonchev–Trinajstić information content (AvgIpc) is 2.49. The van der Waals surface area contributed by atoms with Crippen LogP contribution in [0.25, 0.3) is 0 Å². The van der Waals surface area contributed by atoms with Gasteiger partial charge >= 0.3 is 0 Å². The fourth-order valence-electron chi connectivity index (χ4n) is 2.31. The third-order valence-corrected chi connectivity index (χ3v) is 3.58. The van der Waals surface area contributed by atoms with Gasteiger partial charge in [0.1, 0.15) is 0 Å². The van der Waals surface area contributed by atoms with Crippen molar-refractivity contribution in [3.05, 3.63) is 17.7 Å². The number of methoxy groups -OCH3 is 2. The molecule has 0 aromatic heterocycles. The van der Waals surface area contributed by atoms with Crippen molar-refractivity contribution in [1.29, 1.82) is 0 Å². The smallest absolute Gasteiger partial charge is 0.227 e. The summed E-state index contributed by atoms with van der Waals surface area (Å²) in [5.41, 5.74) is 1.71. The molecule has 0 radical (unpaired) electrons. The van der Waals surface area contributed by atoms with Gasteiger partial charge in [-0.05, 0) is 31.4 Å². The highest BCUT2D eigenvalue weighted by Gasteiger charge is 2.22. The molecule has 110 valence electrons. The van der Waals surface area contributed by atoms with Gasteiger partial charge in [0.25, 0.3) is 0 Å². The van der Waals surface area contributed by atoms with E-state index in [4.69, 9.17) is 14.2 Å². The molecule has 0 atom stereocenters. The second-order valence-electron chi connectivity index (χ2n) is 4.90. The fourth-order valence-corrected chi connectivity index (χ4v) is 2.31. The van der Waals surface area contributed by atoms with Crippen LogP contribution in [0.2, 0.25) is 0 Å². The van der Waals surface area contributed by atoms with Gasteiger partial charge in [-0.25, -0.2) is 0 Å². The average molecular weight is 279 g/mol. The predicted molar refractivity (Wildman–Crippen MR) is 76.5 cm³/mol. The van der Waals surface area contributed by atoms with E-state index in [-0.39, 0.29) is 11.8 Å². The standard InChI is InChI=1S/C15H21NO4/c1-10-8-13(18-2)14(19-3)9-12(10)16-15(17)11-4-6-20-7-5-11/h8-9,11H,4-7H2,1-3H3,(H,16,17). The Hall–Kier alpha value is -1.75. The molecule has 0 saturated carbocycles. The fraction of sp³-hybridized carbons (Fsp3) is 0.533. The van der Waals surface area contributed by atoms with E-state index in [1.165, 1.54) is 0 Å². The molecule has 1 amide bonds. The van der Waals surface area contributed by atoms with Crippen molar-refractivity contribution < 1.29 is 19.0 Å². The lowest BCUT2D eigenvalue weighted by molar-refractivity contribution is -0.122. The van der Waals surface area contributed by atoms with Crippen molar-refractivity contribution in [2.45, 2.75) is 19.8 Å². The zero-order chi connectivity index (χ0) is 14.5. The maximum Gasteiger partial charge on any atom is 0.227 e. The first-order chi connectivity index (χ1) is 9.65. The summed E-state index contributed by atoms with van der Waals surface area (Å²) in [4.78, 5) is 12.2. The van der Waals surface area contributed by atoms with Crippen molar-refractivity contribution in [3.63, 3.8) is 0 Å². The highest BCUT2D eigenvalue weighted by Crippen LogP contribution is 2.33. The number of rotatable bonds is 4. The highest BCUT2D eigenvalue weighted by atomic mass is 16.5. The molecule has 1 aliphatic rings. The summed E-state index contributed by atoms with van der Waals surface area (Å²) < 4.78 is 15.8. The molecule has 1 N–H and O–H groups in total. The van der Waals surface area contributed by atoms with E-state index in [0.717, 1.165) is 24.1 Å². The number of hydrogen-bond acceptors (Lipinski definition) is 4. The zero-order valence-corrected chi connectivity index (χ0v) is 12.2. The third kappa shape index (κ3) is 3.22. The molecule has 1 aromatic rings. The Kier molecular flexibility index (Phi) is 4.84. The maximum atomic E-state index is 12.2. The van der Waals surface area contributed by atoms with E-state index < -0.39 is 0 Å². The Balaban J connectivity index is 2.13. The first kappa shape index (κ1) is 14.7. The first-order valence-electron chi connectivity index (χ1n) is 6.77. The number of carbonyl (C=O) groups excluding carboxylic acids is 1. The molecule has 1 heterocycles. The number of aryl methyl sites for hydroxylation is 1. The van der Waals surface area contributed by atoms with Gasteiger partial charge in [-0.2, -0.15) is 0 Å². The third-order valence-electron chi connectivity index (χ3n) is 3.58. The SMILES string of the molecule is COc1cc(C)c(NC(=O)C2CCOCC2)cc1OC. The molecule has 1 aliphatic heterocycles. The number of anilines is 1. The number of carbonyl (C=O) groups is 1. The lowest BCUT2D eigenvalue weighted by Crippen LogP contribution is -2.28. The molecule has 1 aromatic carbocycles. The van der Waals surface area contributed by atoms with Crippen molar-refractivity contribution in [2.75, 3.05) is 32.8 Å². The molecule has 0 bridgehead atoms. The topological polar surface area (TPSA) is 56.8 Å². The largest absolute Gasteiger partial charge is 0.493 e. The molecule has 1 fully saturated rings. The van der Waals surface area contributed by atoms with E-state index in [9.17, 15) is 4.79 Å². The molecule has 0 spiro atoms. The summed E-state index contributed by atoms with van der Waals surface area (Å²) >= 11 is 0. The Morgan fingerprint density at radius 1 is 1.20 bits per heavy atom. The van der Waals surface area contributed by atoms with Gasteiger partial charge in [-0.1, -0.05) is 0 Å². The molecule has 0 unspecified atom stereocenters. The van der Waals surface area contributed by atoms with Gasteiger partial charge in [-0.3, -0.25) is 4.79 Å². The van der Waals surface area contributed by atoms with Crippen LogP contribution >= 0.6 is 0 Å². The van der Waals surface area contributed by atoms with E-state index in [2.05, 4.69) is 5.32 Å². The number of amides is 1. The van der Waals surface area contributed by atoms with Gasteiger partial charge < -0.3 is 19.5 Å². The lowest BCUT2D eigenvalue weighted by atomic mass is 9.99. The summed E-state index contributed by atoms with van der Waals surface area (Å²) in [6.07, 6.45) is 1.55. The minimum absolute atomic E-state index is 0.0243. The summed E-state index contributed by atoms with van der Waals surface area (Å²) in [5, 5.41) is 2.98. The van der Waals surface area contributed by atoms with Gasteiger partial charge in [0.2, 0.25) is 5.91 Å². The van der Waals surface area contributed by atoms with Gasteiger partial charge in [-0.15, -0.1) is 0 Å². The van der Waals surface area contributed by atoms with Crippen LogP contribution in [0.15, 0.2) is 12.1 Å². The van der Waals surface area contributed by atoms with Crippen LogP contribution in [0.3, 0.4) is 0 Å². The number of benzene rings is 1. The van der Waals surface area contributed by atoms with Crippen LogP contribution in [-0.2, 0) is 9.53 Å². The van der Waals surface area contributed by atoms with Crippen molar-refractivity contribution >= 4 is 11.6 Å².